The molecular weight excluding hydrogens is 204 g/mol. The third-order valence-corrected chi connectivity index (χ3v) is 2.18. The van der Waals surface area contributed by atoms with Gasteiger partial charge < -0.3 is 4.74 Å². The summed E-state index contributed by atoms with van der Waals surface area (Å²) in [6.07, 6.45) is 0. The van der Waals surface area contributed by atoms with Crippen molar-refractivity contribution < 1.29 is 14.3 Å². The normalized spacial score (nSPS) is 10.9. The van der Waals surface area contributed by atoms with Crippen LogP contribution in [0.3, 0.4) is 0 Å². The van der Waals surface area contributed by atoms with E-state index in [1.54, 1.807) is 45.0 Å². The molecule has 86 valence electrons. The van der Waals surface area contributed by atoms with Gasteiger partial charge in [0.2, 0.25) is 0 Å². The number of ether oxygens (including phenoxy) is 1. The van der Waals surface area contributed by atoms with Gasteiger partial charge in [-0.3, -0.25) is 4.79 Å². The van der Waals surface area contributed by atoms with E-state index in [-0.39, 0.29) is 12.4 Å². The molecule has 0 atom stereocenters. The zero-order chi connectivity index (χ0) is 12.2. The summed E-state index contributed by atoms with van der Waals surface area (Å²) in [7, 11) is 0. The first-order valence-corrected chi connectivity index (χ1v) is 5.17. The molecule has 0 N–H and O–H groups in total. The lowest BCUT2D eigenvalue weighted by Gasteiger charge is -2.16. The van der Waals surface area contributed by atoms with Crippen LogP contribution in [0.1, 0.15) is 31.1 Å². The van der Waals surface area contributed by atoms with Gasteiger partial charge in [-0.2, -0.15) is 0 Å². The highest BCUT2D eigenvalue weighted by molar-refractivity contribution is 5.92. The highest BCUT2D eigenvalue weighted by Gasteiger charge is 2.22. The Morgan fingerprint density at radius 2 is 1.69 bits per heavy atom. The van der Waals surface area contributed by atoms with E-state index in [9.17, 15) is 9.59 Å². The molecule has 16 heavy (non-hydrogen) atoms. The van der Waals surface area contributed by atoms with Gasteiger partial charge in [0, 0.05) is 5.41 Å². The maximum atomic E-state index is 11.5. The Bertz CT molecular complexity index is 374. The summed E-state index contributed by atoms with van der Waals surface area (Å²) < 4.78 is 4.93. The summed E-state index contributed by atoms with van der Waals surface area (Å²) in [5.74, 6) is -0.546. The van der Waals surface area contributed by atoms with Crippen LogP contribution < -0.4 is 0 Å². The van der Waals surface area contributed by atoms with Crippen LogP contribution in [0.15, 0.2) is 30.3 Å². The Balaban J connectivity index is 2.52. The van der Waals surface area contributed by atoms with Crippen molar-refractivity contribution in [3.63, 3.8) is 0 Å². The van der Waals surface area contributed by atoms with Gasteiger partial charge in [0.1, 0.15) is 0 Å². The van der Waals surface area contributed by atoms with Crippen LogP contribution in [0.2, 0.25) is 0 Å². The average Bonchev–Trinajstić information content (AvgIpc) is 2.25. The van der Waals surface area contributed by atoms with E-state index in [4.69, 9.17) is 4.74 Å². The maximum absolute atomic E-state index is 11.5. The first kappa shape index (κ1) is 12.4. The SMILES string of the molecule is CC(C)(C)C(=O)COC(=O)c1ccccc1. The molecule has 0 saturated heterocycles. The summed E-state index contributed by atoms with van der Waals surface area (Å²) >= 11 is 0. The first-order valence-electron chi connectivity index (χ1n) is 5.17. The molecule has 0 bridgehead atoms. The molecule has 0 unspecified atom stereocenters. The summed E-state index contributed by atoms with van der Waals surface area (Å²) in [5.41, 5.74) is -0.0130. The Morgan fingerprint density at radius 3 is 2.19 bits per heavy atom. The van der Waals surface area contributed by atoms with Crippen molar-refractivity contribution in [2.45, 2.75) is 20.8 Å². The second-order valence-electron chi connectivity index (χ2n) is 4.62. The lowest BCUT2D eigenvalue weighted by molar-refractivity contribution is -0.129. The third kappa shape index (κ3) is 3.50. The molecule has 0 heterocycles. The number of carbonyl (C=O) groups excluding carboxylic acids is 2. The van der Waals surface area contributed by atoms with E-state index in [1.807, 2.05) is 6.07 Å². The van der Waals surface area contributed by atoms with Crippen molar-refractivity contribution >= 4 is 11.8 Å². The fraction of sp³-hybridized carbons (Fsp3) is 0.385. The lowest BCUT2D eigenvalue weighted by atomic mass is 9.91. The van der Waals surface area contributed by atoms with E-state index in [0.717, 1.165) is 0 Å². The molecular formula is C13H16O3. The standard InChI is InChI=1S/C13H16O3/c1-13(2,3)11(14)9-16-12(15)10-7-5-4-6-8-10/h4-8H,9H2,1-3H3. The molecule has 0 fully saturated rings. The molecule has 3 heteroatoms. The first-order chi connectivity index (χ1) is 7.41. The predicted octanol–water partition coefficient (Wildman–Crippen LogP) is 2.46. The summed E-state index contributed by atoms with van der Waals surface area (Å²) in [5, 5.41) is 0. The monoisotopic (exact) mass is 220 g/mol. The van der Waals surface area contributed by atoms with Crippen LogP contribution >= 0.6 is 0 Å². The van der Waals surface area contributed by atoms with Crippen molar-refractivity contribution in [2.24, 2.45) is 5.41 Å². The lowest BCUT2D eigenvalue weighted by Crippen LogP contribution is -2.26. The topological polar surface area (TPSA) is 43.4 Å². The third-order valence-electron chi connectivity index (χ3n) is 2.18. The quantitative estimate of drug-likeness (QED) is 0.735. The molecule has 1 aromatic carbocycles. The minimum Gasteiger partial charge on any atom is -0.454 e. The average molecular weight is 220 g/mol. The molecule has 1 aromatic rings. The van der Waals surface area contributed by atoms with Crippen molar-refractivity contribution in [1.82, 2.24) is 0 Å². The molecule has 0 aromatic heterocycles. The van der Waals surface area contributed by atoms with Crippen molar-refractivity contribution in [3.05, 3.63) is 35.9 Å². The zero-order valence-electron chi connectivity index (χ0n) is 9.82. The van der Waals surface area contributed by atoms with Gasteiger partial charge in [-0.1, -0.05) is 39.0 Å². The molecule has 0 aliphatic carbocycles. The Hall–Kier alpha value is -1.64. The van der Waals surface area contributed by atoms with E-state index in [0.29, 0.717) is 5.56 Å². The second-order valence-corrected chi connectivity index (χ2v) is 4.62. The molecule has 1 rings (SSSR count). The van der Waals surface area contributed by atoms with E-state index in [2.05, 4.69) is 0 Å². The highest BCUT2D eigenvalue weighted by atomic mass is 16.5. The Morgan fingerprint density at radius 1 is 1.12 bits per heavy atom. The van der Waals surface area contributed by atoms with Crippen LogP contribution in [0.25, 0.3) is 0 Å². The fourth-order valence-electron chi connectivity index (χ4n) is 1.01. The van der Waals surface area contributed by atoms with Crippen LogP contribution in [-0.4, -0.2) is 18.4 Å². The molecule has 0 aliphatic rings. The number of carbonyl (C=O) groups is 2. The van der Waals surface area contributed by atoms with E-state index < -0.39 is 11.4 Å². The maximum Gasteiger partial charge on any atom is 0.338 e. The van der Waals surface area contributed by atoms with Crippen LogP contribution in [0.4, 0.5) is 0 Å². The van der Waals surface area contributed by atoms with Gasteiger partial charge in [-0.25, -0.2) is 4.79 Å². The van der Waals surface area contributed by atoms with Gasteiger partial charge in [0.05, 0.1) is 5.56 Å². The molecule has 3 nitrogen and oxygen atoms in total. The zero-order valence-corrected chi connectivity index (χ0v) is 9.82. The Kier molecular flexibility index (Phi) is 3.82. The number of benzene rings is 1. The molecule has 0 spiro atoms. The number of ketones is 1. The second kappa shape index (κ2) is 4.92. The van der Waals surface area contributed by atoms with Crippen LogP contribution in [-0.2, 0) is 9.53 Å². The van der Waals surface area contributed by atoms with E-state index >= 15 is 0 Å². The van der Waals surface area contributed by atoms with Gasteiger partial charge in [-0.05, 0) is 12.1 Å². The number of Topliss-reactive ketones (excluding diaryl/α,β-unsaturated/α-hetero) is 1. The highest BCUT2D eigenvalue weighted by Crippen LogP contribution is 2.14. The van der Waals surface area contributed by atoms with Crippen LogP contribution in [0, 0.1) is 5.41 Å². The molecule has 0 amide bonds. The van der Waals surface area contributed by atoms with Crippen molar-refractivity contribution in [1.29, 1.82) is 0 Å². The molecule has 0 aliphatic heterocycles. The van der Waals surface area contributed by atoms with Crippen LogP contribution in [0.5, 0.6) is 0 Å². The summed E-state index contributed by atoms with van der Waals surface area (Å²) in [6, 6.07) is 8.63. The van der Waals surface area contributed by atoms with Gasteiger partial charge >= 0.3 is 5.97 Å². The van der Waals surface area contributed by atoms with Crippen molar-refractivity contribution in [3.8, 4) is 0 Å². The molecule has 0 saturated carbocycles. The predicted molar refractivity (Wildman–Crippen MR) is 61.2 cm³/mol. The minimum atomic E-state index is -0.475. The number of rotatable bonds is 3. The fourth-order valence-corrected chi connectivity index (χ4v) is 1.01. The van der Waals surface area contributed by atoms with Gasteiger partial charge in [-0.15, -0.1) is 0 Å². The van der Waals surface area contributed by atoms with Gasteiger partial charge in [0.25, 0.3) is 0 Å². The number of esters is 1. The Labute approximate surface area is 95.4 Å². The minimum absolute atomic E-state index is 0.0863. The smallest absolute Gasteiger partial charge is 0.338 e. The molecule has 0 radical (unpaired) electrons. The number of hydrogen-bond donors (Lipinski definition) is 0. The largest absolute Gasteiger partial charge is 0.454 e. The number of hydrogen-bond acceptors (Lipinski definition) is 3. The van der Waals surface area contributed by atoms with E-state index in [1.165, 1.54) is 0 Å². The summed E-state index contributed by atoms with van der Waals surface area (Å²) in [6.45, 7) is 5.22. The van der Waals surface area contributed by atoms with Crippen molar-refractivity contribution in [2.75, 3.05) is 6.61 Å². The van der Waals surface area contributed by atoms with Gasteiger partial charge in [0.15, 0.2) is 12.4 Å². The summed E-state index contributed by atoms with van der Waals surface area (Å²) in [4.78, 5) is 23.0.